The van der Waals surface area contributed by atoms with Crippen LogP contribution in [0.25, 0.3) is 0 Å². The van der Waals surface area contributed by atoms with Crippen molar-refractivity contribution in [2.24, 2.45) is 11.8 Å². The number of pyridine rings is 1. The standard InChI is InChI=1S/C17H23N3O4/c1-10(2)15(16(22)23)18-17(24)19-7-11-6-12(9-19)13-4-3-5-14(21)20(13)8-11/h3-5,10-12,15H,6-9H2,1-2H3,(H,18,24)(H,22,23)/p-1/t11-,12+,15+/m1/s1. The van der Waals surface area contributed by atoms with E-state index in [1.165, 1.54) is 0 Å². The van der Waals surface area contributed by atoms with Gasteiger partial charge < -0.3 is 24.7 Å². The lowest BCUT2D eigenvalue weighted by molar-refractivity contribution is -0.309. The summed E-state index contributed by atoms with van der Waals surface area (Å²) >= 11 is 0. The lowest BCUT2D eigenvalue weighted by Gasteiger charge is -2.43. The molecule has 0 radical (unpaired) electrons. The number of carbonyl (C=O) groups is 2. The molecule has 3 rings (SSSR count). The van der Waals surface area contributed by atoms with Gasteiger partial charge >= 0.3 is 6.03 Å². The van der Waals surface area contributed by atoms with E-state index in [-0.39, 0.29) is 29.3 Å². The minimum Gasteiger partial charge on any atom is -0.548 e. The van der Waals surface area contributed by atoms with Crippen molar-refractivity contribution in [3.05, 3.63) is 34.2 Å². The van der Waals surface area contributed by atoms with Gasteiger partial charge in [0.05, 0.1) is 12.0 Å². The summed E-state index contributed by atoms with van der Waals surface area (Å²) in [5, 5.41) is 13.7. The lowest BCUT2D eigenvalue weighted by Crippen LogP contribution is -2.57. The highest BCUT2D eigenvalue weighted by atomic mass is 16.4. The van der Waals surface area contributed by atoms with Gasteiger partial charge in [-0.3, -0.25) is 4.79 Å². The van der Waals surface area contributed by atoms with Crippen LogP contribution in [0.4, 0.5) is 4.79 Å². The zero-order valence-corrected chi connectivity index (χ0v) is 13.9. The molecule has 1 saturated heterocycles. The number of nitrogens with zero attached hydrogens (tertiary/aromatic N) is 2. The van der Waals surface area contributed by atoms with Crippen LogP contribution in [0, 0.1) is 11.8 Å². The van der Waals surface area contributed by atoms with Crippen LogP contribution in [0.2, 0.25) is 0 Å². The zero-order valence-electron chi connectivity index (χ0n) is 13.9. The molecule has 24 heavy (non-hydrogen) atoms. The molecule has 0 aliphatic carbocycles. The molecule has 2 amide bonds. The zero-order chi connectivity index (χ0) is 17.4. The Balaban J connectivity index is 1.76. The molecule has 1 aromatic heterocycles. The molecule has 1 fully saturated rings. The van der Waals surface area contributed by atoms with Crippen LogP contribution in [0.5, 0.6) is 0 Å². The molecule has 130 valence electrons. The predicted octanol–water partition coefficient (Wildman–Crippen LogP) is -0.248. The lowest BCUT2D eigenvalue weighted by atomic mass is 9.83. The van der Waals surface area contributed by atoms with E-state index < -0.39 is 12.0 Å². The molecule has 0 saturated carbocycles. The number of carboxylic acids is 1. The van der Waals surface area contributed by atoms with Crippen molar-refractivity contribution < 1.29 is 14.7 Å². The SMILES string of the molecule is CC(C)[C@H](NC(=O)N1C[C@H]2C[C@@H](C1)c1cccc(=O)n1C2)C(=O)[O-]. The second-order valence-electron chi connectivity index (χ2n) is 7.09. The average Bonchev–Trinajstić information content (AvgIpc) is 2.52. The highest BCUT2D eigenvalue weighted by Gasteiger charge is 2.36. The number of fused-ring (bicyclic) bond motifs is 4. The molecule has 0 unspecified atom stereocenters. The molecular formula is C17H22N3O4-. The van der Waals surface area contributed by atoms with E-state index in [1.807, 2.05) is 6.07 Å². The summed E-state index contributed by atoms with van der Waals surface area (Å²) in [6.45, 7) is 5.08. The van der Waals surface area contributed by atoms with Gasteiger partial charge in [-0.05, 0) is 24.3 Å². The quantitative estimate of drug-likeness (QED) is 0.826. The Morgan fingerprint density at radius 3 is 2.67 bits per heavy atom. The molecule has 3 heterocycles. The van der Waals surface area contributed by atoms with Gasteiger partial charge in [0.15, 0.2) is 0 Å². The number of aliphatic carboxylic acids is 1. The predicted molar refractivity (Wildman–Crippen MR) is 85.3 cm³/mol. The van der Waals surface area contributed by atoms with E-state index >= 15 is 0 Å². The van der Waals surface area contributed by atoms with Crippen molar-refractivity contribution in [1.29, 1.82) is 0 Å². The van der Waals surface area contributed by atoms with Gasteiger partial charge in [0, 0.05) is 37.3 Å². The fourth-order valence-corrected chi connectivity index (χ4v) is 3.78. The summed E-state index contributed by atoms with van der Waals surface area (Å²) in [6, 6.07) is 3.86. The largest absolute Gasteiger partial charge is 0.548 e. The van der Waals surface area contributed by atoms with Crippen LogP contribution in [-0.2, 0) is 11.3 Å². The van der Waals surface area contributed by atoms with Gasteiger partial charge in [-0.2, -0.15) is 0 Å². The highest BCUT2D eigenvalue weighted by Crippen LogP contribution is 2.34. The molecule has 1 N–H and O–H groups in total. The maximum atomic E-state index is 12.5. The van der Waals surface area contributed by atoms with E-state index in [0.717, 1.165) is 12.1 Å². The van der Waals surface area contributed by atoms with Crippen LogP contribution in [0.15, 0.2) is 23.0 Å². The topological polar surface area (TPSA) is 94.5 Å². The minimum absolute atomic E-state index is 0.00285. The van der Waals surface area contributed by atoms with E-state index in [1.54, 1.807) is 35.4 Å². The van der Waals surface area contributed by atoms with E-state index in [4.69, 9.17) is 0 Å². The number of piperidine rings is 1. The van der Waals surface area contributed by atoms with Crippen molar-refractivity contribution in [3.63, 3.8) is 0 Å². The number of hydrogen-bond donors (Lipinski definition) is 1. The van der Waals surface area contributed by atoms with Crippen molar-refractivity contribution in [2.45, 2.75) is 38.8 Å². The summed E-state index contributed by atoms with van der Waals surface area (Å²) in [6.07, 6.45) is 0.946. The summed E-state index contributed by atoms with van der Waals surface area (Å²) < 4.78 is 1.80. The molecule has 7 nitrogen and oxygen atoms in total. The highest BCUT2D eigenvalue weighted by molar-refractivity contribution is 5.82. The van der Waals surface area contributed by atoms with Gasteiger partial charge in [-0.15, -0.1) is 0 Å². The first-order valence-electron chi connectivity index (χ1n) is 8.33. The Bertz CT molecular complexity index is 712. The van der Waals surface area contributed by atoms with Crippen LogP contribution in [-0.4, -0.2) is 40.6 Å². The molecule has 7 heteroatoms. The second-order valence-corrected chi connectivity index (χ2v) is 7.09. The summed E-state index contributed by atoms with van der Waals surface area (Å²) in [5.41, 5.74) is 0.952. The molecule has 2 aliphatic rings. The van der Waals surface area contributed by atoms with Gasteiger partial charge in [0.2, 0.25) is 0 Å². The third-order valence-corrected chi connectivity index (χ3v) is 4.97. The van der Waals surface area contributed by atoms with Crippen LogP contribution >= 0.6 is 0 Å². The van der Waals surface area contributed by atoms with E-state index in [0.29, 0.717) is 19.6 Å². The maximum absolute atomic E-state index is 12.5. The molecule has 2 bridgehead atoms. The van der Waals surface area contributed by atoms with Gasteiger partial charge in [-0.1, -0.05) is 19.9 Å². The Labute approximate surface area is 140 Å². The van der Waals surface area contributed by atoms with Crippen LogP contribution in [0.1, 0.15) is 31.9 Å². The monoisotopic (exact) mass is 332 g/mol. The molecule has 2 aliphatic heterocycles. The molecule has 3 atom stereocenters. The Kier molecular flexibility index (Phi) is 4.34. The number of aromatic nitrogens is 1. The third-order valence-electron chi connectivity index (χ3n) is 4.97. The van der Waals surface area contributed by atoms with Crippen molar-refractivity contribution >= 4 is 12.0 Å². The average molecular weight is 332 g/mol. The summed E-state index contributed by atoms with van der Waals surface area (Å²) in [7, 11) is 0. The number of carbonyl (C=O) groups excluding carboxylic acids is 2. The fourth-order valence-electron chi connectivity index (χ4n) is 3.78. The Morgan fingerprint density at radius 1 is 1.25 bits per heavy atom. The Morgan fingerprint density at radius 2 is 2.00 bits per heavy atom. The number of nitrogens with one attached hydrogen (secondary N) is 1. The van der Waals surface area contributed by atoms with Crippen molar-refractivity contribution in [2.75, 3.05) is 13.1 Å². The summed E-state index contributed by atoms with van der Waals surface area (Å²) in [4.78, 5) is 37.3. The second kappa shape index (κ2) is 6.30. The minimum atomic E-state index is -1.27. The van der Waals surface area contributed by atoms with Crippen molar-refractivity contribution in [3.8, 4) is 0 Å². The van der Waals surface area contributed by atoms with Crippen molar-refractivity contribution in [1.82, 2.24) is 14.8 Å². The smallest absolute Gasteiger partial charge is 0.317 e. The number of likely N-dealkylation sites (tertiary alicyclic amines) is 1. The fraction of sp³-hybridized carbons (Fsp3) is 0.588. The normalized spacial score (nSPS) is 23.5. The first kappa shape index (κ1) is 16.5. The molecule has 1 aromatic rings. The number of amides is 2. The van der Waals surface area contributed by atoms with E-state index in [9.17, 15) is 19.5 Å². The first-order valence-corrected chi connectivity index (χ1v) is 8.33. The number of rotatable bonds is 3. The van der Waals surface area contributed by atoms with E-state index in [2.05, 4.69) is 5.32 Å². The van der Waals surface area contributed by atoms with Gasteiger partial charge in [-0.25, -0.2) is 4.79 Å². The van der Waals surface area contributed by atoms with Gasteiger partial charge in [0.1, 0.15) is 0 Å². The molecule has 0 spiro atoms. The molecule has 0 aromatic carbocycles. The number of urea groups is 1. The summed E-state index contributed by atoms with van der Waals surface area (Å²) in [5.74, 6) is -1.20. The van der Waals surface area contributed by atoms with Crippen LogP contribution < -0.4 is 16.0 Å². The molecular weight excluding hydrogens is 310 g/mol. The number of hydrogen-bond acceptors (Lipinski definition) is 4. The Hall–Kier alpha value is -2.31. The maximum Gasteiger partial charge on any atom is 0.317 e. The van der Waals surface area contributed by atoms with Crippen LogP contribution in [0.3, 0.4) is 0 Å². The first-order chi connectivity index (χ1) is 11.4. The third kappa shape index (κ3) is 3.02. The number of carboxylic acid groups (broad SMARTS) is 1. The van der Waals surface area contributed by atoms with Gasteiger partial charge in [0.25, 0.3) is 5.56 Å².